The molecule has 2 aromatic heterocycles. The van der Waals surface area contributed by atoms with Crippen LogP contribution in [0.25, 0.3) is 0 Å². The van der Waals surface area contributed by atoms with Crippen LogP contribution < -0.4 is 5.32 Å². The maximum absolute atomic E-state index is 11.9. The van der Waals surface area contributed by atoms with Gasteiger partial charge >= 0.3 is 0 Å². The van der Waals surface area contributed by atoms with Gasteiger partial charge in [-0.1, -0.05) is 0 Å². The predicted octanol–water partition coefficient (Wildman–Crippen LogP) is 3.24. The van der Waals surface area contributed by atoms with E-state index in [2.05, 4.69) is 26.2 Å². The Morgan fingerprint density at radius 2 is 2.33 bits per heavy atom. The van der Waals surface area contributed by atoms with Crippen molar-refractivity contribution in [1.82, 2.24) is 4.98 Å². The Morgan fingerprint density at radius 3 is 2.87 bits per heavy atom. The van der Waals surface area contributed by atoms with Crippen molar-refractivity contribution in [2.24, 2.45) is 0 Å². The highest BCUT2D eigenvalue weighted by Crippen LogP contribution is 2.25. The van der Waals surface area contributed by atoms with Gasteiger partial charge in [0, 0.05) is 12.4 Å². The summed E-state index contributed by atoms with van der Waals surface area (Å²) in [6, 6.07) is 3.67. The van der Waals surface area contributed by atoms with Crippen LogP contribution >= 0.6 is 38.6 Å². The van der Waals surface area contributed by atoms with E-state index in [1.807, 2.05) is 6.07 Å². The van der Waals surface area contributed by atoms with Crippen LogP contribution in [0.5, 0.6) is 0 Å². The molecule has 2 heterocycles. The van der Waals surface area contributed by atoms with E-state index in [-0.39, 0.29) is 5.78 Å². The molecule has 3 nitrogen and oxygen atoms in total. The van der Waals surface area contributed by atoms with Crippen LogP contribution in [0, 0.1) is 0 Å². The standard InChI is InChI=1S/C9H7BrN2OS2/c1-11-9-12-5(4-14-9)8(13)6-2-3-7(10)15-6/h2-4H,1H3,(H,11,12). The first-order chi connectivity index (χ1) is 7.20. The minimum absolute atomic E-state index is 0.0246. The van der Waals surface area contributed by atoms with Gasteiger partial charge in [-0.05, 0) is 28.1 Å². The number of ketones is 1. The molecular weight excluding hydrogens is 296 g/mol. The average molecular weight is 303 g/mol. The number of carbonyl (C=O) groups excluding carboxylic acids is 1. The van der Waals surface area contributed by atoms with Crippen LogP contribution in [0.1, 0.15) is 15.4 Å². The Bertz CT molecular complexity index is 492. The van der Waals surface area contributed by atoms with Crippen molar-refractivity contribution >= 4 is 49.5 Å². The van der Waals surface area contributed by atoms with E-state index in [4.69, 9.17) is 0 Å². The first-order valence-electron chi connectivity index (χ1n) is 4.14. The predicted molar refractivity (Wildman–Crippen MR) is 67.1 cm³/mol. The van der Waals surface area contributed by atoms with Gasteiger partial charge in [0.1, 0.15) is 5.69 Å². The molecule has 0 aromatic carbocycles. The zero-order valence-corrected chi connectivity index (χ0v) is 11.0. The molecule has 6 heteroatoms. The summed E-state index contributed by atoms with van der Waals surface area (Å²) in [6.45, 7) is 0. The monoisotopic (exact) mass is 302 g/mol. The minimum Gasteiger partial charge on any atom is -0.365 e. The van der Waals surface area contributed by atoms with Crippen molar-refractivity contribution in [3.63, 3.8) is 0 Å². The molecule has 0 saturated carbocycles. The SMILES string of the molecule is CNc1nc(C(=O)c2ccc(Br)s2)cs1. The highest BCUT2D eigenvalue weighted by molar-refractivity contribution is 9.11. The zero-order valence-electron chi connectivity index (χ0n) is 7.78. The van der Waals surface area contributed by atoms with Gasteiger partial charge in [-0.15, -0.1) is 22.7 Å². The molecule has 2 aromatic rings. The number of anilines is 1. The third kappa shape index (κ3) is 2.27. The lowest BCUT2D eigenvalue weighted by Crippen LogP contribution is -1.99. The normalized spacial score (nSPS) is 10.3. The Kier molecular flexibility index (Phi) is 3.18. The van der Waals surface area contributed by atoms with Crippen molar-refractivity contribution in [1.29, 1.82) is 0 Å². The van der Waals surface area contributed by atoms with Crippen LogP contribution in [-0.4, -0.2) is 17.8 Å². The summed E-state index contributed by atoms with van der Waals surface area (Å²) in [7, 11) is 1.79. The lowest BCUT2D eigenvalue weighted by atomic mass is 10.3. The highest BCUT2D eigenvalue weighted by Gasteiger charge is 2.14. The van der Waals surface area contributed by atoms with Crippen molar-refractivity contribution in [3.8, 4) is 0 Å². The summed E-state index contributed by atoms with van der Waals surface area (Å²) in [5.74, 6) is -0.0246. The second-order valence-corrected chi connectivity index (χ2v) is 6.04. The minimum atomic E-state index is -0.0246. The van der Waals surface area contributed by atoms with Crippen LogP contribution in [0.15, 0.2) is 21.3 Å². The molecule has 78 valence electrons. The molecule has 0 saturated heterocycles. The maximum Gasteiger partial charge on any atom is 0.222 e. The van der Waals surface area contributed by atoms with Gasteiger partial charge in [-0.25, -0.2) is 4.98 Å². The van der Waals surface area contributed by atoms with Gasteiger partial charge in [0.2, 0.25) is 5.78 Å². The van der Waals surface area contributed by atoms with E-state index in [0.717, 1.165) is 8.92 Å². The first-order valence-corrected chi connectivity index (χ1v) is 6.63. The quantitative estimate of drug-likeness (QED) is 0.885. The summed E-state index contributed by atoms with van der Waals surface area (Å²) < 4.78 is 0.954. The smallest absolute Gasteiger partial charge is 0.222 e. The summed E-state index contributed by atoms with van der Waals surface area (Å²) >= 11 is 6.18. The van der Waals surface area contributed by atoms with Crippen LogP contribution in [0.4, 0.5) is 5.13 Å². The Labute approximate surface area is 103 Å². The van der Waals surface area contributed by atoms with Crippen molar-refractivity contribution in [2.45, 2.75) is 0 Å². The Morgan fingerprint density at radius 1 is 1.53 bits per heavy atom. The number of halogens is 1. The van der Waals surface area contributed by atoms with Gasteiger partial charge in [-0.3, -0.25) is 4.79 Å². The molecule has 0 unspecified atom stereocenters. The van der Waals surface area contributed by atoms with E-state index in [0.29, 0.717) is 10.6 Å². The fourth-order valence-corrected chi connectivity index (χ4v) is 3.04. The molecule has 0 spiro atoms. The zero-order chi connectivity index (χ0) is 10.8. The van der Waals surface area contributed by atoms with Gasteiger partial charge in [0.25, 0.3) is 0 Å². The number of aromatic nitrogens is 1. The van der Waals surface area contributed by atoms with Gasteiger partial charge in [0.15, 0.2) is 5.13 Å². The number of hydrogen-bond acceptors (Lipinski definition) is 5. The number of nitrogens with one attached hydrogen (secondary N) is 1. The number of rotatable bonds is 3. The lowest BCUT2D eigenvalue weighted by molar-refractivity contribution is 0.103. The Balaban J connectivity index is 2.28. The fraction of sp³-hybridized carbons (Fsp3) is 0.111. The Hall–Kier alpha value is -0.720. The number of thiazole rings is 1. The van der Waals surface area contributed by atoms with E-state index >= 15 is 0 Å². The van der Waals surface area contributed by atoms with E-state index < -0.39 is 0 Å². The van der Waals surface area contributed by atoms with Crippen LogP contribution in [0.2, 0.25) is 0 Å². The number of carbonyl (C=O) groups is 1. The largest absolute Gasteiger partial charge is 0.365 e. The molecule has 0 aliphatic carbocycles. The van der Waals surface area contributed by atoms with Gasteiger partial charge in [-0.2, -0.15) is 0 Å². The molecular formula is C9H7BrN2OS2. The first kappa shape index (κ1) is 10.8. The molecule has 1 N–H and O–H groups in total. The van der Waals surface area contributed by atoms with Crippen LogP contribution in [-0.2, 0) is 0 Å². The summed E-state index contributed by atoms with van der Waals surface area (Å²) in [6.07, 6.45) is 0. The molecule has 2 rings (SSSR count). The van der Waals surface area contributed by atoms with Crippen LogP contribution in [0.3, 0.4) is 0 Å². The third-order valence-electron chi connectivity index (χ3n) is 1.75. The molecule has 0 atom stereocenters. The molecule has 0 aliphatic rings. The van der Waals surface area contributed by atoms with Crippen molar-refractivity contribution < 1.29 is 4.79 Å². The molecule has 0 aliphatic heterocycles. The number of thiophene rings is 1. The third-order valence-corrected chi connectivity index (χ3v) is 4.23. The highest BCUT2D eigenvalue weighted by atomic mass is 79.9. The van der Waals surface area contributed by atoms with Crippen molar-refractivity contribution in [2.75, 3.05) is 12.4 Å². The number of hydrogen-bond donors (Lipinski definition) is 1. The molecule has 15 heavy (non-hydrogen) atoms. The summed E-state index contributed by atoms with van der Waals surface area (Å²) in [5.41, 5.74) is 0.499. The van der Waals surface area contributed by atoms with E-state index in [1.54, 1.807) is 18.5 Å². The summed E-state index contributed by atoms with van der Waals surface area (Å²) in [5, 5.41) is 5.43. The lowest BCUT2D eigenvalue weighted by Gasteiger charge is -1.91. The second-order valence-electron chi connectivity index (χ2n) is 2.72. The molecule has 0 bridgehead atoms. The molecule has 0 radical (unpaired) electrons. The van der Waals surface area contributed by atoms with Gasteiger partial charge in [0.05, 0.1) is 8.66 Å². The van der Waals surface area contributed by atoms with Crippen molar-refractivity contribution in [3.05, 3.63) is 31.9 Å². The topological polar surface area (TPSA) is 42.0 Å². The van der Waals surface area contributed by atoms with E-state index in [9.17, 15) is 4.79 Å². The summed E-state index contributed by atoms with van der Waals surface area (Å²) in [4.78, 5) is 16.8. The van der Waals surface area contributed by atoms with E-state index in [1.165, 1.54) is 22.7 Å². The molecule has 0 fully saturated rings. The fourth-order valence-electron chi connectivity index (χ4n) is 1.06. The average Bonchev–Trinajstić information content (AvgIpc) is 2.84. The second kappa shape index (κ2) is 4.42. The van der Waals surface area contributed by atoms with Gasteiger partial charge < -0.3 is 5.32 Å². The number of nitrogens with zero attached hydrogens (tertiary/aromatic N) is 1. The maximum atomic E-state index is 11.9. The molecule has 0 amide bonds.